The minimum Gasteiger partial charge on any atom is -0.396 e. The first-order valence-corrected chi connectivity index (χ1v) is 5.24. The molecular formula is C12H17NO. The predicted octanol–water partition coefficient (Wildman–Crippen LogP) is 1.56. The van der Waals surface area contributed by atoms with Crippen LogP contribution in [0.25, 0.3) is 0 Å². The van der Waals surface area contributed by atoms with Gasteiger partial charge in [0.15, 0.2) is 0 Å². The van der Waals surface area contributed by atoms with Crippen molar-refractivity contribution in [3.05, 3.63) is 35.4 Å². The van der Waals surface area contributed by atoms with Crippen LogP contribution in [0.2, 0.25) is 0 Å². The van der Waals surface area contributed by atoms with E-state index in [1.165, 1.54) is 11.1 Å². The fourth-order valence-electron chi connectivity index (χ4n) is 1.71. The van der Waals surface area contributed by atoms with E-state index in [-0.39, 0.29) is 12.1 Å². The fourth-order valence-corrected chi connectivity index (χ4v) is 1.71. The molecule has 0 heterocycles. The highest BCUT2D eigenvalue weighted by molar-refractivity contribution is 5.32. The minimum atomic E-state index is -0.0183. The zero-order valence-electron chi connectivity index (χ0n) is 8.37. The van der Waals surface area contributed by atoms with Gasteiger partial charge in [-0.1, -0.05) is 24.3 Å². The van der Waals surface area contributed by atoms with Crippen LogP contribution in [0, 0.1) is 0 Å². The van der Waals surface area contributed by atoms with Gasteiger partial charge >= 0.3 is 0 Å². The summed E-state index contributed by atoms with van der Waals surface area (Å²) in [6, 6.07) is 8.50. The van der Waals surface area contributed by atoms with Gasteiger partial charge in [0.05, 0.1) is 0 Å². The van der Waals surface area contributed by atoms with Crippen LogP contribution in [0.3, 0.4) is 0 Å². The molecule has 76 valence electrons. The molecule has 2 rings (SSSR count). The van der Waals surface area contributed by atoms with Gasteiger partial charge in [0.1, 0.15) is 0 Å². The second-order valence-corrected chi connectivity index (χ2v) is 4.18. The molecule has 1 aliphatic carbocycles. The zero-order valence-corrected chi connectivity index (χ0v) is 8.37. The zero-order chi connectivity index (χ0) is 10.0. The van der Waals surface area contributed by atoms with Gasteiger partial charge in [-0.15, -0.1) is 0 Å². The molecule has 0 saturated heterocycles. The Kier molecular flexibility index (Phi) is 2.57. The number of benzene rings is 1. The van der Waals surface area contributed by atoms with Crippen molar-refractivity contribution < 1.29 is 5.11 Å². The molecule has 0 aliphatic heterocycles. The smallest absolute Gasteiger partial charge is 0.0434 e. The SMILES string of the molecule is NC1(c2ccc(CCCO)cc2)CC1. The van der Waals surface area contributed by atoms with Gasteiger partial charge < -0.3 is 10.8 Å². The summed E-state index contributed by atoms with van der Waals surface area (Å²) in [6.45, 7) is 0.266. The second-order valence-electron chi connectivity index (χ2n) is 4.18. The van der Waals surface area contributed by atoms with Crippen molar-refractivity contribution in [1.82, 2.24) is 0 Å². The molecule has 0 aromatic heterocycles. The van der Waals surface area contributed by atoms with Crippen molar-refractivity contribution in [2.75, 3.05) is 6.61 Å². The maximum atomic E-state index is 8.70. The largest absolute Gasteiger partial charge is 0.396 e. The molecule has 0 radical (unpaired) electrons. The lowest BCUT2D eigenvalue weighted by Crippen LogP contribution is -2.18. The summed E-state index contributed by atoms with van der Waals surface area (Å²) < 4.78 is 0. The van der Waals surface area contributed by atoms with Crippen molar-refractivity contribution in [2.24, 2.45) is 5.73 Å². The average Bonchev–Trinajstić information content (AvgIpc) is 2.96. The Balaban J connectivity index is 2.03. The van der Waals surface area contributed by atoms with Gasteiger partial charge in [-0.25, -0.2) is 0 Å². The molecule has 1 aromatic rings. The van der Waals surface area contributed by atoms with Crippen LogP contribution in [0.5, 0.6) is 0 Å². The van der Waals surface area contributed by atoms with E-state index >= 15 is 0 Å². The number of aliphatic hydroxyl groups excluding tert-OH is 1. The van der Waals surface area contributed by atoms with Crippen LogP contribution in [0.15, 0.2) is 24.3 Å². The van der Waals surface area contributed by atoms with Crippen molar-refractivity contribution in [3.63, 3.8) is 0 Å². The van der Waals surface area contributed by atoms with E-state index < -0.39 is 0 Å². The van der Waals surface area contributed by atoms with Crippen molar-refractivity contribution in [3.8, 4) is 0 Å². The molecule has 3 N–H and O–H groups in total. The van der Waals surface area contributed by atoms with Crippen LogP contribution in [-0.2, 0) is 12.0 Å². The molecule has 0 amide bonds. The minimum absolute atomic E-state index is 0.0183. The Morgan fingerprint density at radius 2 is 1.86 bits per heavy atom. The first-order valence-electron chi connectivity index (χ1n) is 5.24. The summed E-state index contributed by atoms with van der Waals surface area (Å²) in [4.78, 5) is 0. The van der Waals surface area contributed by atoms with E-state index in [0.717, 1.165) is 25.7 Å². The molecule has 1 fully saturated rings. The highest BCUT2D eigenvalue weighted by atomic mass is 16.2. The Labute approximate surface area is 84.7 Å². The second kappa shape index (κ2) is 3.71. The maximum absolute atomic E-state index is 8.70. The third-order valence-corrected chi connectivity index (χ3v) is 2.94. The van der Waals surface area contributed by atoms with E-state index in [0.29, 0.717) is 0 Å². The summed E-state index contributed by atoms with van der Waals surface area (Å²) >= 11 is 0. The lowest BCUT2D eigenvalue weighted by atomic mass is 10.0. The van der Waals surface area contributed by atoms with Crippen LogP contribution in [-0.4, -0.2) is 11.7 Å². The van der Waals surface area contributed by atoms with Crippen molar-refractivity contribution >= 4 is 0 Å². The lowest BCUT2D eigenvalue weighted by molar-refractivity contribution is 0.288. The topological polar surface area (TPSA) is 46.2 Å². The Morgan fingerprint density at radius 3 is 2.36 bits per heavy atom. The number of nitrogens with two attached hydrogens (primary N) is 1. The molecule has 14 heavy (non-hydrogen) atoms. The predicted molar refractivity (Wildman–Crippen MR) is 56.9 cm³/mol. The first-order chi connectivity index (χ1) is 6.74. The van der Waals surface area contributed by atoms with Crippen LogP contribution >= 0.6 is 0 Å². The third-order valence-electron chi connectivity index (χ3n) is 2.94. The molecule has 0 spiro atoms. The summed E-state index contributed by atoms with van der Waals surface area (Å²) in [5.74, 6) is 0. The molecule has 2 nitrogen and oxygen atoms in total. The van der Waals surface area contributed by atoms with Gasteiger partial charge in [0.25, 0.3) is 0 Å². The molecule has 0 atom stereocenters. The third kappa shape index (κ3) is 1.97. The average molecular weight is 191 g/mol. The summed E-state index contributed by atoms with van der Waals surface area (Å²) in [7, 11) is 0. The molecule has 0 bridgehead atoms. The number of hydrogen-bond donors (Lipinski definition) is 2. The van der Waals surface area contributed by atoms with E-state index in [2.05, 4.69) is 24.3 Å². The number of aliphatic hydroxyl groups is 1. The quantitative estimate of drug-likeness (QED) is 0.758. The molecule has 1 saturated carbocycles. The molecule has 1 aliphatic rings. The standard InChI is InChI=1S/C12H17NO/c13-12(7-8-12)11-5-3-10(4-6-11)2-1-9-14/h3-6,14H,1-2,7-9,13H2. The highest BCUT2D eigenvalue weighted by Gasteiger charge is 2.39. The van der Waals surface area contributed by atoms with Gasteiger partial charge in [-0.05, 0) is 36.8 Å². The first kappa shape index (κ1) is 9.69. The van der Waals surface area contributed by atoms with Gasteiger partial charge in [-0.2, -0.15) is 0 Å². The Morgan fingerprint density at radius 1 is 1.21 bits per heavy atom. The summed E-state index contributed by atoms with van der Waals surface area (Å²) in [5, 5.41) is 8.70. The summed E-state index contributed by atoms with van der Waals surface area (Å²) in [6.07, 6.45) is 4.02. The number of rotatable bonds is 4. The molecular weight excluding hydrogens is 174 g/mol. The maximum Gasteiger partial charge on any atom is 0.0434 e. The summed E-state index contributed by atoms with van der Waals surface area (Å²) in [5.41, 5.74) is 8.60. The fraction of sp³-hybridized carbons (Fsp3) is 0.500. The number of aryl methyl sites for hydroxylation is 1. The van der Waals surface area contributed by atoms with Crippen molar-refractivity contribution in [2.45, 2.75) is 31.2 Å². The monoisotopic (exact) mass is 191 g/mol. The van der Waals surface area contributed by atoms with Gasteiger partial charge in [0, 0.05) is 12.1 Å². The molecule has 1 aromatic carbocycles. The Hall–Kier alpha value is -0.860. The van der Waals surface area contributed by atoms with E-state index in [4.69, 9.17) is 10.8 Å². The van der Waals surface area contributed by atoms with Crippen molar-refractivity contribution in [1.29, 1.82) is 0 Å². The number of hydrogen-bond acceptors (Lipinski definition) is 2. The Bertz CT molecular complexity index is 301. The van der Waals surface area contributed by atoms with Gasteiger partial charge in [-0.3, -0.25) is 0 Å². The van der Waals surface area contributed by atoms with Crippen LogP contribution in [0.4, 0.5) is 0 Å². The van der Waals surface area contributed by atoms with Crippen LogP contribution < -0.4 is 5.73 Å². The normalized spacial score (nSPS) is 18.1. The van der Waals surface area contributed by atoms with Gasteiger partial charge in [0.2, 0.25) is 0 Å². The van der Waals surface area contributed by atoms with E-state index in [1.807, 2.05) is 0 Å². The van der Waals surface area contributed by atoms with E-state index in [1.54, 1.807) is 0 Å². The lowest BCUT2D eigenvalue weighted by Gasteiger charge is -2.09. The highest BCUT2D eigenvalue weighted by Crippen LogP contribution is 2.42. The van der Waals surface area contributed by atoms with E-state index in [9.17, 15) is 0 Å². The molecule has 2 heteroatoms. The molecule has 0 unspecified atom stereocenters. The van der Waals surface area contributed by atoms with Crippen LogP contribution in [0.1, 0.15) is 30.4 Å².